The number of carbonyl (C=O) groups excluding carboxylic acids is 1. The van der Waals surface area contributed by atoms with Gasteiger partial charge in [0, 0.05) is 12.0 Å². The van der Waals surface area contributed by atoms with Crippen LogP contribution in [0.5, 0.6) is 0 Å². The molecule has 0 heterocycles. The van der Waals surface area contributed by atoms with Crippen molar-refractivity contribution >= 4 is 11.8 Å². The minimum absolute atomic E-state index is 0.454. The Morgan fingerprint density at radius 1 is 1.20 bits per heavy atom. The molecule has 1 N–H and O–H groups in total. The summed E-state index contributed by atoms with van der Waals surface area (Å²) in [6.07, 6.45) is 0. The fourth-order valence-electron chi connectivity index (χ4n) is 0.851. The molecular weight excluding hydrogens is 206 g/mol. The van der Waals surface area contributed by atoms with Crippen molar-refractivity contribution < 1.29 is 23.5 Å². The van der Waals surface area contributed by atoms with Gasteiger partial charge in [-0.25, -0.2) is 13.6 Å². The van der Waals surface area contributed by atoms with Gasteiger partial charge in [-0.3, -0.25) is 4.79 Å². The summed E-state index contributed by atoms with van der Waals surface area (Å²) < 4.78 is 25.4. The maximum atomic E-state index is 12.9. The van der Waals surface area contributed by atoms with E-state index >= 15 is 0 Å². The summed E-state index contributed by atoms with van der Waals surface area (Å²) in [5, 5.41) is 8.14. The van der Waals surface area contributed by atoms with Gasteiger partial charge in [0.05, 0.1) is 5.56 Å². The van der Waals surface area contributed by atoms with Gasteiger partial charge in [-0.2, -0.15) is 0 Å². The number of ketones is 1. The molecule has 0 aromatic heterocycles. The third-order valence-corrected chi connectivity index (χ3v) is 1.46. The van der Waals surface area contributed by atoms with Crippen LogP contribution < -0.4 is 0 Å². The highest BCUT2D eigenvalue weighted by Crippen LogP contribution is 2.09. The minimum Gasteiger partial charge on any atom is -0.472 e. The zero-order valence-electron chi connectivity index (χ0n) is 7.25. The molecule has 0 aliphatic rings. The van der Waals surface area contributed by atoms with Gasteiger partial charge in [0.2, 0.25) is 5.78 Å². The van der Waals surface area contributed by atoms with E-state index in [-0.39, 0.29) is 0 Å². The van der Waals surface area contributed by atoms with E-state index in [2.05, 4.69) is 0 Å². The molecular formula is C10H4F2O3. The van der Waals surface area contributed by atoms with E-state index in [4.69, 9.17) is 5.11 Å². The van der Waals surface area contributed by atoms with Crippen molar-refractivity contribution in [2.75, 3.05) is 0 Å². The highest BCUT2D eigenvalue weighted by Gasteiger charge is 2.10. The molecule has 0 saturated carbocycles. The van der Waals surface area contributed by atoms with E-state index in [9.17, 15) is 18.4 Å². The summed E-state index contributed by atoms with van der Waals surface area (Å²) in [4.78, 5) is 21.1. The summed E-state index contributed by atoms with van der Waals surface area (Å²) in [5.41, 5.74) is -0.454. The Hall–Kier alpha value is -2.22. The summed E-state index contributed by atoms with van der Waals surface area (Å²) in [7, 11) is 0. The summed E-state index contributed by atoms with van der Waals surface area (Å²) in [6.45, 7) is 0. The highest BCUT2D eigenvalue weighted by atomic mass is 19.1. The molecule has 0 spiro atoms. The van der Waals surface area contributed by atoms with Crippen LogP contribution in [0.25, 0.3) is 0 Å². The lowest BCUT2D eigenvalue weighted by atomic mass is 10.1. The third-order valence-electron chi connectivity index (χ3n) is 1.46. The molecule has 0 bridgehead atoms. The molecule has 0 fully saturated rings. The van der Waals surface area contributed by atoms with E-state index in [1.807, 2.05) is 0 Å². The first-order valence-corrected chi connectivity index (χ1v) is 3.75. The number of carbonyl (C=O) groups is 2. The van der Waals surface area contributed by atoms with Crippen LogP contribution in [0.15, 0.2) is 18.2 Å². The topological polar surface area (TPSA) is 54.4 Å². The van der Waals surface area contributed by atoms with Gasteiger partial charge in [0.15, 0.2) is 0 Å². The standard InChI is InChI=1S/C10H4F2O3/c11-6-1-2-7(8(12)5-6)9(13)3-4-10(14)15/h1-2,5H,(H,14,15). The summed E-state index contributed by atoms with van der Waals surface area (Å²) >= 11 is 0. The second kappa shape index (κ2) is 4.33. The first kappa shape index (κ1) is 10.9. The fourth-order valence-corrected chi connectivity index (χ4v) is 0.851. The molecule has 15 heavy (non-hydrogen) atoms. The quantitative estimate of drug-likeness (QED) is 0.431. The Morgan fingerprint density at radius 3 is 2.40 bits per heavy atom. The van der Waals surface area contributed by atoms with Crippen molar-refractivity contribution in [2.45, 2.75) is 0 Å². The van der Waals surface area contributed by atoms with Gasteiger partial charge in [0.25, 0.3) is 0 Å². The number of benzene rings is 1. The second-order valence-corrected chi connectivity index (χ2v) is 2.51. The molecule has 0 radical (unpaired) electrons. The van der Waals surface area contributed by atoms with Crippen molar-refractivity contribution in [3.63, 3.8) is 0 Å². The Morgan fingerprint density at radius 2 is 1.87 bits per heavy atom. The average Bonchev–Trinajstić information content (AvgIpc) is 2.14. The van der Waals surface area contributed by atoms with Crippen molar-refractivity contribution in [1.82, 2.24) is 0 Å². The van der Waals surface area contributed by atoms with Crippen molar-refractivity contribution in [2.24, 2.45) is 0 Å². The van der Waals surface area contributed by atoms with Crippen LogP contribution in [-0.4, -0.2) is 16.9 Å². The molecule has 0 saturated heterocycles. The van der Waals surface area contributed by atoms with E-state index in [1.54, 1.807) is 11.8 Å². The van der Waals surface area contributed by atoms with Crippen LogP contribution in [0.2, 0.25) is 0 Å². The van der Waals surface area contributed by atoms with E-state index in [0.717, 1.165) is 12.1 Å². The highest BCUT2D eigenvalue weighted by molar-refractivity contribution is 6.11. The second-order valence-electron chi connectivity index (χ2n) is 2.51. The Balaban J connectivity index is 3.04. The van der Waals surface area contributed by atoms with Gasteiger partial charge in [-0.05, 0) is 18.1 Å². The average molecular weight is 210 g/mol. The van der Waals surface area contributed by atoms with E-state index in [1.165, 1.54) is 0 Å². The van der Waals surface area contributed by atoms with Crippen molar-refractivity contribution in [1.29, 1.82) is 0 Å². The monoisotopic (exact) mass is 210 g/mol. The Bertz CT molecular complexity index is 483. The molecule has 0 aliphatic carbocycles. The van der Waals surface area contributed by atoms with Crippen molar-refractivity contribution in [3.8, 4) is 11.8 Å². The van der Waals surface area contributed by atoms with Crippen LogP contribution in [0, 0.1) is 23.5 Å². The fraction of sp³-hybridized carbons (Fsp3) is 0. The summed E-state index contributed by atoms with van der Waals surface area (Å²) in [5.74, 6) is -1.14. The van der Waals surface area contributed by atoms with Crippen LogP contribution in [0.3, 0.4) is 0 Å². The molecule has 0 atom stereocenters. The predicted molar refractivity (Wildman–Crippen MR) is 46.1 cm³/mol. The van der Waals surface area contributed by atoms with Crippen molar-refractivity contribution in [3.05, 3.63) is 35.4 Å². The molecule has 0 unspecified atom stereocenters. The number of Topliss-reactive ketones (excluding diaryl/α,β-unsaturated/α-hetero) is 1. The molecule has 5 heteroatoms. The van der Waals surface area contributed by atoms with E-state index < -0.39 is 29.0 Å². The zero-order valence-corrected chi connectivity index (χ0v) is 7.25. The normalized spacial score (nSPS) is 8.93. The number of hydrogen-bond donors (Lipinski definition) is 1. The van der Waals surface area contributed by atoms with Crippen LogP contribution in [0.1, 0.15) is 10.4 Å². The lowest BCUT2D eigenvalue weighted by molar-refractivity contribution is -0.130. The van der Waals surface area contributed by atoms with Gasteiger partial charge < -0.3 is 5.11 Å². The van der Waals surface area contributed by atoms with Gasteiger partial charge in [-0.1, -0.05) is 0 Å². The summed E-state index contributed by atoms with van der Waals surface area (Å²) in [6, 6.07) is 2.32. The minimum atomic E-state index is -1.49. The molecule has 1 aromatic rings. The first-order valence-electron chi connectivity index (χ1n) is 3.75. The molecule has 76 valence electrons. The molecule has 1 rings (SSSR count). The number of carboxylic acids is 1. The predicted octanol–water partition coefficient (Wildman–Crippen LogP) is 1.24. The molecule has 0 amide bonds. The molecule has 0 aliphatic heterocycles. The zero-order chi connectivity index (χ0) is 11.4. The number of hydrogen-bond acceptors (Lipinski definition) is 2. The SMILES string of the molecule is O=C(O)C#CC(=O)c1ccc(F)cc1F. The van der Waals surface area contributed by atoms with Gasteiger partial charge >= 0.3 is 5.97 Å². The number of carboxylic acid groups (broad SMARTS) is 1. The largest absolute Gasteiger partial charge is 0.472 e. The lowest BCUT2D eigenvalue weighted by Crippen LogP contribution is -2.01. The number of halogens is 2. The van der Waals surface area contributed by atoms with E-state index in [0.29, 0.717) is 6.07 Å². The first-order chi connectivity index (χ1) is 7.00. The Kier molecular flexibility index (Phi) is 3.13. The van der Waals surface area contributed by atoms with Crippen LogP contribution in [-0.2, 0) is 4.79 Å². The lowest BCUT2D eigenvalue weighted by Gasteiger charge is -1.95. The maximum Gasteiger partial charge on any atom is 0.382 e. The Labute approximate surface area is 83.3 Å². The third kappa shape index (κ3) is 2.88. The maximum absolute atomic E-state index is 12.9. The number of rotatable bonds is 1. The smallest absolute Gasteiger partial charge is 0.382 e. The molecule has 3 nitrogen and oxygen atoms in total. The van der Waals surface area contributed by atoms with Gasteiger partial charge in [-0.15, -0.1) is 0 Å². The number of aliphatic carboxylic acids is 1. The molecule has 1 aromatic carbocycles. The van der Waals surface area contributed by atoms with Gasteiger partial charge in [0.1, 0.15) is 11.6 Å². The van der Waals surface area contributed by atoms with Crippen LogP contribution in [0.4, 0.5) is 8.78 Å². The van der Waals surface area contributed by atoms with Crippen LogP contribution >= 0.6 is 0 Å².